The van der Waals surface area contributed by atoms with Gasteiger partial charge in [-0.05, 0) is 43.2 Å². The molecule has 8 heteroatoms. The number of aromatic nitrogens is 4. The Kier molecular flexibility index (Phi) is 6.81. The van der Waals surface area contributed by atoms with Crippen LogP contribution in [-0.4, -0.2) is 47.1 Å². The molecule has 2 aromatic heterocycles. The SMILES string of the molecule is COc1ccc(OC)c(N(CCN)c2ccc3ncc(-c4cnn(C5CCCCC5)c4)nc3c2)c1. The van der Waals surface area contributed by atoms with Crippen molar-refractivity contribution in [2.24, 2.45) is 5.73 Å². The highest BCUT2D eigenvalue weighted by Crippen LogP contribution is 2.37. The van der Waals surface area contributed by atoms with E-state index in [-0.39, 0.29) is 0 Å². The third-order valence-corrected chi connectivity index (χ3v) is 6.71. The first-order valence-corrected chi connectivity index (χ1v) is 12.2. The fourth-order valence-corrected chi connectivity index (χ4v) is 4.85. The quantitative estimate of drug-likeness (QED) is 0.381. The number of rotatable bonds is 8. The summed E-state index contributed by atoms with van der Waals surface area (Å²) in [6.45, 7) is 1.08. The number of fused-ring (bicyclic) bond motifs is 1. The second-order valence-electron chi connectivity index (χ2n) is 8.91. The first-order valence-electron chi connectivity index (χ1n) is 12.2. The first-order chi connectivity index (χ1) is 17.2. The molecule has 4 aromatic rings. The zero-order valence-corrected chi connectivity index (χ0v) is 20.4. The maximum absolute atomic E-state index is 5.99. The Bertz CT molecular complexity index is 1300. The molecule has 0 saturated heterocycles. The Morgan fingerprint density at radius 3 is 2.63 bits per heavy atom. The summed E-state index contributed by atoms with van der Waals surface area (Å²) in [7, 11) is 3.32. The van der Waals surface area contributed by atoms with Crippen molar-refractivity contribution in [3.8, 4) is 22.8 Å². The molecule has 0 amide bonds. The van der Waals surface area contributed by atoms with Gasteiger partial charge < -0.3 is 20.1 Å². The Labute approximate surface area is 205 Å². The lowest BCUT2D eigenvalue weighted by Gasteiger charge is -2.26. The molecule has 2 N–H and O–H groups in total. The van der Waals surface area contributed by atoms with Gasteiger partial charge in [-0.3, -0.25) is 9.67 Å². The smallest absolute Gasteiger partial charge is 0.142 e. The average molecular weight is 473 g/mol. The van der Waals surface area contributed by atoms with Gasteiger partial charge in [-0.15, -0.1) is 0 Å². The van der Waals surface area contributed by atoms with Crippen LogP contribution in [0.4, 0.5) is 11.4 Å². The minimum atomic E-state index is 0.477. The lowest BCUT2D eigenvalue weighted by molar-refractivity contribution is 0.329. The molecule has 0 spiro atoms. The van der Waals surface area contributed by atoms with Gasteiger partial charge in [-0.2, -0.15) is 5.10 Å². The summed E-state index contributed by atoms with van der Waals surface area (Å²) >= 11 is 0. The van der Waals surface area contributed by atoms with Crippen LogP contribution in [0.2, 0.25) is 0 Å². The van der Waals surface area contributed by atoms with E-state index in [0.717, 1.165) is 45.2 Å². The largest absolute Gasteiger partial charge is 0.497 e. The second kappa shape index (κ2) is 10.3. The van der Waals surface area contributed by atoms with E-state index in [1.54, 1.807) is 14.2 Å². The van der Waals surface area contributed by atoms with Gasteiger partial charge in [-0.25, -0.2) is 4.98 Å². The van der Waals surface area contributed by atoms with E-state index in [2.05, 4.69) is 25.9 Å². The molecule has 1 aliphatic rings. The number of nitrogens with two attached hydrogens (primary N) is 1. The maximum atomic E-state index is 5.99. The van der Waals surface area contributed by atoms with Crippen LogP contribution < -0.4 is 20.1 Å². The van der Waals surface area contributed by atoms with Crippen molar-refractivity contribution >= 4 is 22.4 Å². The topological polar surface area (TPSA) is 91.3 Å². The molecule has 1 fully saturated rings. The van der Waals surface area contributed by atoms with Crippen LogP contribution in [0.25, 0.3) is 22.3 Å². The summed E-state index contributed by atoms with van der Waals surface area (Å²) in [6, 6.07) is 12.3. The van der Waals surface area contributed by atoms with Crippen molar-refractivity contribution in [2.45, 2.75) is 38.1 Å². The highest BCUT2D eigenvalue weighted by atomic mass is 16.5. The van der Waals surface area contributed by atoms with Crippen LogP contribution in [-0.2, 0) is 0 Å². The van der Waals surface area contributed by atoms with Crippen LogP contribution in [0.5, 0.6) is 11.5 Å². The molecule has 1 aliphatic carbocycles. The van der Waals surface area contributed by atoms with Crippen molar-refractivity contribution in [2.75, 3.05) is 32.2 Å². The average Bonchev–Trinajstić information content (AvgIpc) is 3.42. The molecule has 2 aromatic carbocycles. The Morgan fingerprint density at radius 1 is 1.00 bits per heavy atom. The fourth-order valence-electron chi connectivity index (χ4n) is 4.85. The highest BCUT2D eigenvalue weighted by Gasteiger charge is 2.18. The van der Waals surface area contributed by atoms with Gasteiger partial charge in [0.2, 0.25) is 0 Å². The highest BCUT2D eigenvalue weighted by molar-refractivity contribution is 5.83. The summed E-state index contributed by atoms with van der Waals surface area (Å²) in [6.07, 6.45) is 12.1. The van der Waals surface area contributed by atoms with Gasteiger partial charge in [-0.1, -0.05) is 19.3 Å². The Morgan fingerprint density at radius 2 is 1.86 bits per heavy atom. The Hall–Kier alpha value is -3.65. The molecule has 0 aliphatic heterocycles. The summed E-state index contributed by atoms with van der Waals surface area (Å²) < 4.78 is 13.2. The predicted octanol–water partition coefficient (Wildman–Crippen LogP) is 5.11. The maximum Gasteiger partial charge on any atom is 0.142 e. The number of methoxy groups -OCH3 is 2. The lowest BCUT2D eigenvalue weighted by Crippen LogP contribution is -2.25. The molecule has 8 nitrogen and oxygen atoms in total. The van der Waals surface area contributed by atoms with E-state index in [1.165, 1.54) is 32.1 Å². The van der Waals surface area contributed by atoms with Crippen LogP contribution in [0.1, 0.15) is 38.1 Å². The van der Waals surface area contributed by atoms with Crippen molar-refractivity contribution < 1.29 is 9.47 Å². The number of hydrogen-bond acceptors (Lipinski definition) is 7. The summed E-state index contributed by atoms with van der Waals surface area (Å²) in [5.74, 6) is 1.50. The minimum absolute atomic E-state index is 0.477. The van der Waals surface area contributed by atoms with Gasteiger partial charge in [0.1, 0.15) is 11.5 Å². The summed E-state index contributed by atoms with van der Waals surface area (Å²) in [5.41, 5.74) is 11.3. The molecule has 0 atom stereocenters. The molecule has 182 valence electrons. The number of ether oxygens (including phenoxy) is 2. The number of anilines is 2. The third-order valence-electron chi connectivity index (χ3n) is 6.71. The zero-order chi connectivity index (χ0) is 24.2. The molecular weight excluding hydrogens is 440 g/mol. The number of nitrogens with zero attached hydrogens (tertiary/aromatic N) is 5. The van der Waals surface area contributed by atoms with Crippen LogP contribution >= 0.6 is 0 Å². The third kappa shape index (κ3) is 4.79. The van der Waals surface area contributed by atoms with Crippen molar-refractivity contribution in [1.29, 1.82) is 0 Å². The Balaban J connectivity index is 1.50. The van der Waals surface area contributed by atoms with E-state index in [0.29, 0.717) is 19.1 Å². The van der Waals surface area contributed by atoms with Gasteiger partial charge >= 0.3 is 0 Å². The van der Waals surface area contributed by atoms with Crippen LogP contribution in [0.15, 0.2) is 55.0 Å². The monoisotopic (exact) mass is 472 g/mol. The van der Waals surface area contributed by atoms with E-state index >= 15 is 0 Å². The molecule has 0 radical (unpaired) electrons. The van der Waals surface area contributed by atoms with Gasteiger partial charge in [0.05, 0.1) is 55.1 Å². The second-order valence-corrected chi connectivity index (χ2v) is 8.91. The van der Waals surface area contributed by atoms with Gasteiger partial charge in [0.25, 0.3) is 0 Å². The van der Waals surface area contributed by atoms with Crippen molar-refractivity contribution in [3.63, 3.8) is 0 Å². The lowest BCUT2D eigenvalue weighted by atomic mass is 9.96. The number of hydrogen-bond donors (Lipinski definition) is 1. The summed E-state index contributed by atoms with van der Waals surface area (Å²) in [4.78, 5) is 11.7. The molecule has 1 saturated carbocycles. The van der Waals surface area contributed by atoms with Crippen molar-refractivity contribution in [1.82, 2.24) is 19.7 Å². The van der Waals surface area contributed by atoms with E-state index < -0.39 is 0 Å². The summed E-state index contributed by atoms with van der Waals surface area (Å²) in [5, 5.41) is 4.64. The minimum Gasteiger partial charge on any atom is -0.497 e. The van der Waals surface area contributed by atoms with Crippen LogP contribution in [0.3, 0.4) is 0 Å². The standard InChI is InChI=1S/C27H32N6O2/c1-34-22-9-11-27(35-2)26(15-22)32(13-12-28)21-8-10-23-24(14-21)31-25(17-29-23)19-16-30-33(18-19)20-6-4-3-5-7-20/h8-11,14-18,20H,3-7,12-13,28H2,1-2H3. The first kappa shape index (κ1) is 23.1. The van der Waals surface area contributed by atoms with E-state index in [9.17, 15) is 0 Å². The number of benzene rings is 2. The van der Waals surface area contributed by atoms with E-state index in [4.69, 9.17) is 20.2 Å². The van der Waals surface area contributed by atoms with E-state index in [1.807, 2.05) is 48.8 Å². The van der Waals surface area contributed by atoms with Gasteiger partial charge in [0, 0.05) is 36.6 Å². The molecule has 2 heterocycles. The molecule has 0 bridgehead atoms. The van der Waals surface area contributed by atoms with Gasteiger partial charge in [0.15, 0.2) is 0 Å². The van der Waals surface area contributed by atoms with Crippen LogP contribution in [0, 0.1) is 0 Å². The normalized spacial score (nSPS) is 14.3. The van der Waals surface area contributed by atoms with Crippen molar-refractivity contribution in [3.05, 3.63) is 55.0 Å². The molecular formula is C27H32N6O2. The molecule has 5 rings (SSSR count). The molecule has 0 unspecified atom stereocenters. The zero-order valence-electron chi connectivity index (χ0n) is 20.4. The molecule has 35 heavy (non-hydrogen) atoms. The predicted molar refractivity (Wildman–Crippen MR) is 138 cm³/mol. The fraction of sp³-hybridized carbons (Fsp3) is 0.370.